The first-order chi connectivity index (χ1) is 13.2. The van der Waals surface area contributed by atoms with Crippen LogP contribution in [0.5, 0.6) is 0 Å². The molecule has 0 unspecified atom stereocenters. The third-order valence-electron chi connectivity index (χ3n) is 5.34. The van der Waals surface area contributed by atoms with Crippen molar-refractivity contribution in [1.29, 1.82) is 5.26 Å². The molecule has 1 aromatic carbocycles. The second-order valence-electron chi connectivity index (χ2n) is 7.24. The van der Waals surface area contributed by atoms with Gasteiger partial charge in [0, 0.05) is 45.9 Å². The molecule has 0 radical (unpaired) electrons. The fourth-order valence-corrected chi connectivity index (χ4v) is 4.12. The predicted octanol–water partition coefficient (Wildman–Crippen LogP) is 5.50. The van der Waals surface area contributed by atoms with E-state index >= 15 is 0 Å². The third-order valence-corrected chi connectivity index (χ3v) is 5.56. The minimum atomic E-state index is 0.413. The zero-order valence-corrected chi connectivity index (χ0v) is 15.7. The molecule has 0 spiro atoms. The predicted molar refractivity (Wildman–Crippen MR) is 108 cm³/mol. The summed E-state index contributed by atoms with van der Waals surface area (Å²) in [6.07, 6.45) is 6.18. The lowest BCUT2D eigenvalue weighted by molar-refractivity contribution is 0.662. The molecule has 3 aromatic heterocycles. The maximum atomic E-state index is 9.05. The van der Waals surface area contributed by atoms with E-state index in [1.54, 1.807) is 12.3 Å². The topological polar surface area (TPSA) is 54.5 Å². The molecule has 5 heteroatoms. The first-order valence-corrected chi connectivity index (χ1v) is 9.47. The summed E-state index contributed by atoms with van der Waals surface area (Å²) in [5.74, 6) is 0.728. The molecule has 0 atom stereocenters. The van der Waals surface area contributed by atoms with E-state index < -0.39 is 0 Å². The van der Waals surface area contributed by atoms with Gasteiger partial charge in [-0.25, -0.2) is 4.98 Å². The molecular weight excluding hydrogens is 356 g/mol. The first kappa shape index (κ1) is 16.3. The normalized spacial score (nSPS) is 14.0. The number of hydrogen-bond donors (Lipinski definition) is 0. The van der Waals surface area contributed by atoms with Crippen molar-refractivity contribution in [2.45, 2.75) is 26.3 Å². The van der Waals surface area contributed by atoms with Gasteiger partial charge in [-0.05, 0) is 56.0 Å². The molecule has 1 saturated carbocycles. The van der Waals surface area contributed by atoms with E-state index in [1.807, 2.05) is 24.4 Å². The van der Waals surface area contributed by atoms with Crippen molar-refractivity contribution in [3.05, 3.63) is 59.1 Å². The summed E-state index contributed by atoms with van der Waals surface area (Å²) < 4.78 is 2.41. The average molecular weight is 373 g/mol. The highest BCUT2D eigenvalue weighted by Crippen LogP contribution is 2.41. The Bertz CT molecular complexity index is 1230. The van der Waals surface area contributed by atoms with Gasteiger partial charge in [0.05, 0.1) is 16.7 Å². The maximum Gasteiger partial charge on any atom is 0.140 e. The zero-order valence-electron chi connectivity index (χ0n) is 14.9. The zero-order chi connectivity index (χ0) is 18.5. The molecule has 4 aromatic rings. The van der Waals surface area contributed by atoms with E-state index in [1.165, 1.54) is 29.3 Å². The summed E-state index contributed by atoms with van der Waals surface area (Å²) in [7, 11) is 0. The van der Waals surface area contributed by atoms with Gasteiger partial charge in [-0.15, -0.1) is 0 Å². The number of pyridine rings is 2. The smallest absolute Gasteiger partial charge is 0.140 e. The minimum Gasteiger partial charge on any atom is -0.338 e. The minimum absolute atomic E-state index is 0.413. The summed E-state index contributed by atoms with van der Waals surface area (Å²) in [5, 5.41) is 12.1. The number of rotatable bonds is 3. The van der Waals surface area contributed by atoms with Crippen molar-refractivity contribution in [3.8, 4) is 17.2 Å². The number of nitriles is 1. The van der Waals surface area contributed by atoms with Gasteiger partial charge in [-0.3, -0.25) is 4.98 Å². The number of hydrogen-bond acceptors (Lipinski definition) is 3. The Morgan fingerprint density at radius 1 is 1.15 bits per heavy atom. The quantitative estimate of drug-likeness (QED) is 0.477. The number of halogens is 1. The molecule has 0 N–H and O–H groups in total. The molecule has 4 nitrogen and oxygen atoms in total. The average Bonchev–Trinajstić information content (AvgIpc) is 3.44. The van der Waals surface area contributed by atoms with Crippen LogP contribution in [0.4, 0.5) is 0 Å². The highest BCUT2D eigenvalue weighted by atomic mass is 35.5. The Kier molecular flexibility index (Phi) is 3.66. The van der Waals surface area contributed by atoms with E-state index in [0.29, 0.717) is 10.7 Å². The van der Waals surface area contributed by atoms with Crippen molar-refractivity contribution in [2.75, 3.05) is 0 Å². The molecule has 0 bridgehead atoms. The van der Waals surface area contributed by atoms with E-state index in [0.717, 1.165) is 34.7 Å². The fourth-order valence-electron chi connectivity index (χ4n) is 3.90. The standard InChI is InChI=1S/C22H17ClN4/c1-13-21-18(6-7-25-13)20-9-16(23)8-19(15-4-5-17(10-24)26-11-15)22(20)27(21)12-14-2-3-14/h4-9,11,14H,2-3,12H2,1H3. The molecular formula is C22H17ClN4. The van der Waals surface area contributed by atoms with Gasteiger partial charge in [0.25, 0.3) is 0 Å². The summed E-state index contributed by atoms with van der Waals surface area (Å²) in [6.45, 7) is 3.06. The van der Waals surface area contributed by atoms with Gasteiger partial charge in [0.15, 0.2) is 0 Å². The summed E-state index contributed by atoms with van der Waals surface area (Å²) >= 11 is 6.50. The Morgan fingerprint density at radius 3 is 2.70 bits per heavy atom. The summed E-state index contributed by atoms with van der Waals surface area (Å²) in [6, 6.07) is 11.9. The molecule has 0 saturated heterocycles. The van der Waals surface area contributed by atoms with Crippen LogP contribution in [0.2, 0.25) is 5.02 Å². The molecule has 132 valence electrons. The van der Waals surface area contributed by atoms with Gasteiger partial charge in [0.1, 0.15) is 11.8 Å². The Morgan fingerprint density at radius 2 is 2.00 bits per heavy atom. The van der Waals surface area contributed by atoms with Gasteiger partial charge >= 0.3 is 0 Å². The largest absolute Gasteiger partial charge is 0.338 e. The summed E-state index contributed by atoms with van der Waals surface area (Å²) in [4.78, 5) is 8.79. The van der Waals surface area contributed by atoms with Crippen molar-refractivity contribution < 1.29 is 0 Å². The molecule has 5 rings (SSSR count). The molecule has 1 aliphatic rings. The molecule has 1 fully saturated rings. The fraction of sp³-hybridized carbons (Fsp3) is 0.227. The van der Waals surface area contributed by atoms with E-state index in [-0.39, 0.29) is 0 Å². The molecule has 3 heterocycles. The lowest BCUT2D eigenvalue weighted by Gasteiger charge is -2.12. The van der Waals surface area contributed by atoms with Crippen LogP contribution in [0.15, 0.2) is 42.7 Å². The lowest BCUT2D eigenvalue weighted by atomic mass is 10.0. The maximum absolute atomic E-state index is 9.05. The lowest BCUT2D eigenvalue weighted by Crippen LogP contribution is -2.02. The van der Waals surface area contributed by atoms with Crippen molar-refractivity contribution >= 4 is 33.4 Å². The molecule has 27 heavy (non-hydrogen) atoms. The highest BCUT2D eigenvalue weighted by Gasteiger charge is 2.26. The number of aromatic nitrogens is 3. The molecule has 0 aliphatic heterocycles. The number of benzene rings is 1. The van der Waals surface area contributed by atoms with Crippen molar-refractivity contribution in [3.63, 3.8) is 0 Å². The Balaban J connectivity index is 1.88. The second kappa shape index (κ2) is 6.07. The Labute approximate surface area is 162 Å². The monoisotopic (exact) mass is 372 g/mol. The molecule has 1 aliphatic carbocycles. The van der Waals surface area contributed by atoms with Crippen LogP contribution in [0.1, 0.15) is 24.2 Å². The van der Waals surface area contributed by atoms with Crippen LogP contribution in [0, 0.1) is 24.2 Å². The Hall–Kier alpha value is -2.90. The van der Waals surface area contributed by atoms with Crippen molar-refractivity contribution in [2.24, 2.45) is 5.92 Å². The van der Waals surface area contributed by atoms with Crippen LogP contribution in [-0.2, 0) is 6.54 Å². The number of aryl methyl sites for hydroxylation is 1. The van der Waals surface area contributed by atoms with E-state index in [9.17, 15) is 0 Å². The summed E-state index contributed by atoms with van der Waals surface area (Å²) in [5.41, 5.74) is 5.81. The van der Waals surface area contributed by atoms with Crippen LogP contribution in [0.25, 0.3) is 32.9 Å². The number of nitrogens with zero attached hydrogens (tertiary/aromatic N) is 4. The first-order valence-electron chi connectivity index (χ1n) is 9.09. The third kappa shape index (κ3) is 2.67. The van der Waals surface area contributed by atoms with Crippen LogP contribution >= 0.6 is 11.6 Å². The van der Waals surface area contributed by atoms with E-state index in [2.05, 4.69) is 33.6 Å². The van der Waals surface area contributed by atoms with Crippen LogP contribution in [0.3, 0.4) is 0 Å². The van der Waals surface area contributed by atoms with E-state index in [4.69, 9.17) is 16.9 Å². The SMILES string of the molecule is Cc1nccc2c3cc(Cl)cc(-c4ccc(C#N)nc4)c3n(CC3CC3)c12. The van der Waals surface area contributed by atoms with Crippen molar-refractivity contribution in [1.82, 2.24) is 14.5 Å². The highest BCUT2D eigenvalue weighted by molar-refractivity contribution is 6.32. The van der Waals surface area contributed by atoms with Gasteiger partial charge in [-0.1, -0.05) is 11.6 Å². The van der Waals surface area contributed by atoms with Crippen LogP contribution in [-0.4, -0.2) is 14.5 Å². The van der Waals surface area contributed by atoms with Crippen LogP contribution < -0.4 is 0 Å². The van der Waals surface area contributed by atoms with Gasteiger partial charge in [-0.2, -0.15) is 5.26 Å². The second-order valence-corrected chi connectivity index (χ2v) is 7.68. The molecule has 0 amide bonds. The van der Waals surface area contributed by atoms with Gasteiger partial charge < -0.3 is 4.57 Å². The number of fused-ring (bicyclic) bond motifs is 3. The van der Waals surface area contributed by atoms with Gasteiger partial charge in [0.2, 0.25) is 0 Å².